The van der Waals surface area contributed by atoms with Gasteiger partial charge in [-0.3, -0.25) is 10.1 Å². The van der Waals surface area contributed by atoms with Crippen molar-refractivity contribution >= 4 is 29.1 Å². The van der Waals surface area contributed by atoms with Crippen LogP contribution in [0.25, 0.3) is 0 Å². The second-order valence-electron chi connectivity index (χ2n) is 5.94. The van der Waals surface area contributed by atoms with Gasteiger partial charge < -0.3 is 5.32 Å². The van der Waals surface area contributed by atoms with Crippen molar-refractivity contribution in [2.24, 2.45) is 0 Å². The molecule has 2 aromatic heterocycles. The fraction of sp³-hybridized carbons (Fsp3) is 0.529. The van der Waals surface area contributed by atoms with Gasteiger partial charge in [0, 0.05) is 22.7 Å². The third-order valence-corrected chi connectivity index (χ3v) is 4.78. The fourth-order valence-corrected chi connectivity index (χ4v) is 3.56. The molecule has 0 radical (unpaired) electrons. The number of amides is 1. The topological polar surface area (TPSA) is 79.8 Å². The predicted octanol–water partition coefficient (Wildman–Crippen LogP) is 3.64. The molecule has 0 spiro atoms. The molecule has 2 heterocycles. The zero-order valence-electron chi connectivity index (χ0n) is 14.9. The van der Waals surface area contributed by atoms with Crippen LogP contribution in [0.3, 0.4) is 0 Å². The Morgan fingerprint density at radius 1 is 1.21 bits per heavy atom. The van der Waals surface area contributed by atoms with Gasteiger partial charge in [-0.05, 0) is 51.7 Å². The van der Waals surface area contributed by atoms with Gasteiger partial charge in [0.2, 0.25) is 17.8 Å². The number of thiophene rings is 1. The minimum atomic E-state index is -0.193. The molecule has 0 fully saturated rings. The van der Waals surface area contributed by atoms with Gasteiger partial charge in [-0.15, -0.1) is 11.3 Å². The zero-order valence-corrected chi connectivity index (χ0v) is 15.8. The first-order chi connectivity index (χ1) is 11.4. The Morgan fingerprint density at radius 3 is 2.50 bits per heavy atom. The summed E-state index contributed by atoms with van der Waals surface area (Å²) in [6, 6.07) is 2.55. The van der Waals surface area contributed by atoms with Crippen LogP contribution in [0.4, 0.5) is 11.9 Å². The molecule has 7 heteroatoms. The normalized spacial score (nSPS) is 12.0. The van der Waals surface area contributed by atoms with Crippen LogP contribution in [0.2, 0.25) is 0 Å². The van der Waals surface area contributed by atoms with Gasteiger partial charge in [0.05, 0.1) is 0 Å². The Bertz CT molecular complexity index is 713. The summed E-state index contributed by atoms with van der Waals surface area (Å²) >= 11 is 1.85. The summed E-state index contributed by atoms with van der Waals surface area (Å²) in [5, 5.41) is 5.98. The largest absolute Gasteiger partial charge is 0.351 e. The Labute approximate surface area is 147 Å². The molecule has 130 valence electrons. The smallest absolute Gasteiger partial charge is 0.234 e. The molecule has 6 nitrogen and oxygen atoms in total. The summed E-state index contributed by atoms with van der Waals surface area (Å²) in [6.45, 7) is 9.69. The molecule has 0 aliphatic carbocycles. The summed E-state index contributed by atoms with van der Waals surface area (Å²) in [4.78, 5) is 26.6. The van der Waals surface area contributed by atoms with E-state index in [9.17, 15) is 4.79 Å². The van der Waals surface area contributed by atoms with Crippen LogP contribution in [-0.2, 0) is 11.2 Å². The predicted molar refractivity (Wildman–Crippen MR) is 98.7 cm³/mol. The molecule has 2 aromatic rings. The zero-order chi connectivity index (χ0) is 17.7. The maximum atomic E-state index is 11.2. The van der Waals surface area contributed by atoms with Gasteiger partial charge in [-0.1, -0.05) is 6.92 Å². The van der Waals surface area contributed by atoms with Gasteiger partial charge in [0.1, 0.15) is 5.82 Å². The number of rotatable bonds is 7. The van der Waals surface area contributed by atoms with Crippen LogP contribution in [-0.4, -0.2) is 26.9 Å². The SMILES string of the molecule is CCC(CCc1cc(C)sc1C)Nc1nc(C)nc(NC(C)=O)n1. The van der Waals surface area contributed by atoms with Crippen molar-refractivity contribution in [1.29, 1.82) is 0 Å². The maximum absolute atomic E-state index is 11.2. The second kappa shape index (κ2) is 8.19. The number of aromatic nitrogens is 3. The lowest BCUT2D eigenvalue weighted by atomic mass is 10.0. The van der Waals surface area contributed by atoms with Gasteiger partial charge in [-0.25, -0.2) is 0 Å². The van der Waals surface area contributed by atoms with Gasteiger partial charge in [-0.2, -0.15) is 15.0 Å². The van der Waals surface area contributed by atoms with Crippen LogP contribution in [0, 0.1) is 20.8 Å². The van der Waals surface area contributed by atoms with E-state index in [1.54, 1.807) is 6.92 Å². The summed E-state index contributed by atoms with van der Waals surface area (Å²) < 4.78 is 0. The molecule has 1 amide bonds. The summed E-state index contributed by atoms with van der Waals surface area (Å²) in [5.41, 5.74) is 1.42. The number of hydrogen-bond acceptors (Lipinski definition) is 6. The Morgan fingerprint density at radius 2 is 1.92 bits per heavy atom. The first-order valence-corrected chi connectivity index (χ1v) is 9.01. The van der Waals surface area contributed by atoms with Crippen molar-refractivity contribution in [3.8, 4) is 0 Å². The molecule has 0 bridgehead atoms. The van der Waals surface area contributed by atoms with E-state index in [4.69, 9.17) is 0 Å². The van der Waals surface area contributed by atoms with E-state index in [1.807, 2.05) is 11.3 Å². The minimum absolute atomic E-state index is 0.193. The van der Waals surface area contributed by atoms with Crippen LogP contribution in [0.5, 0.6) is 0 Å². The highest BCUT2D eigenvalue weighted by Gasteiger charge is 2.12. The molecule has 0 saturated carbocycles. The molecule has 0 saturated heterocycles. The standard InChI is InChI=1S/C17H25N5OS/c1-6-15(8-7-14-9-10(2)24-11(14)3)21-17-19-12(4)18-16(22-17)20-13(5)23/h9,15H,6-8H2,1-5H3,(H2,18,19,20,21,22,23). The van der Waals surface area contributed by atoms with Gasteiger partial charge in [0.25, 0.3) is 0 Å². The highest BCUT2D eigenvalue weighted by molar-refractivity contribution is 7.12. The van der Waals surface area contributed by atoms with Crippen LogP contribution in [0.1, 0.15) is 47.8 Å². The fourth-order valence-electron chi connectivity index (χ4n) is 2.58. The van der Waals surface area contributed by atoms with E-state index in [0.717, 1.165) is 19.3 Å². The molecular formula is C17H25N5OS. The van der Waals surface area contributed by atoms with Crippen LogP contribution < -0.4 is 10.6 Å². The van der Waals surface area contributed by atoms with Crippen molar-refractivity contribution in [1.82, 2.24) is 15.0 Å². The molecule has 1 unspecified atom stereocenters. The average molecular weight is 347 g/mol. The second-order valence-corrected chi connectivity index (χ2v) is 7.40. The lowest BCUT2D eigenvalue weighted by molar-refractivity contribution is -0.114. The number of anilines is 2. The van der Waals surface area contributed by atoms with Crippen molar-refractivity contribution in [3.05, 3.63) is 27.2 Å². The molecular weight excluding hydrogens is 322 g/mol. The average Bonchev–Trinajstić information content (AvgIpc) is 2.80. The molecule has 2 N–H and O–H groups in total. The molecule has 2 rings (SSSR count). The summed E-state index contributed by atoms with van der Waals surface area (Å²) in [6.07, 6.45) is 3.01. The lowest BCUT2D eigenvalue weighted by Gasteiger charge is -2.17. The Kier molecular flexibility index (Phi) is 6.25. The van der Waals surface area contributed by atoms with Crippen LogP contribution in [0.15, 0.2) is 6.07 Å². The quantitative estimate of drug-likeness (QED) is 0.799. The van der Waals surface area contributed by atoms with E-state index in [2.05, 4.69) is 52.4 Å². The summed E-state index contributed by atoms with van der Waals surface area (Å²) in [5.74, 6) is 1.19. The van der Waals surface area contributed by atoms with Crippen molar-refractivity contribution in [2.45, 2.75) is 59.9 Å². The number of nitrogens with one attached hydrogen (secondary N) is 2. The van der Waals surface area contributed by atoms with Gasteiger partial charge >= 0.3 is 0 Å². The van der Waals surface area contributed by atoms with E-state index in [0.29, 0.717) is 11.8 Å². The first-order valence-electron chi connectivity index (χ1n) is 8.20. The highest BCUT2D eigenvalue weighted by atomic mass is 32.1. The minimum Gasteiger partial charge on any atom is -0.351 e. The third kappa shape index (κ3) is 5.26. The molecule has 0 aromatic carbocycles. The monoisotopic (exact) mass is 347 g/mol. The Hall–Kier alpha value is -2.02. The molecule has 0 aliphatic heterocycles. The third-order valence-electron chi connectivity index (χ3n) is 3.77. The van der Waals surface area contributed by atoms with Crippen molar-refractivity contribution < 1.29 is 4.79 Å². The number of aryl methyl sites for hydroxylation is 4. The van der Waals surface area contributed by atoms with E-state index >= 15 is 0 Å². The van der Waals surface area contributed by atoms with Crippen LogP contribution >= 0.6 is 11.3 Å². The van der Waals surface area contributed by atoms with Gasteiger partial charge in [0.15, 0.2) is 0 Å². The number of nitrogens with zero attached hydrogens (tertiary/aromatic N) is 3. The summed E-state index contributed by atoms with van der Waals surface area (Å²) in [7, 11) is 0. The molecule has 0 aliphatic rings. The number of carbonyl (C=O) groups is 1. The Balaban J connectivity index is 2.02. The highest BCUT2D eigenvalue weighted by Crippen LogP contribution is 2.23. The first kappa shape index (κ1) is 18.3. The molecule has 1 atom stereocenters. The van der Waals surface area contributed by atoms with Crippen molar-refractivity contribution in [2.75, 3.05) is 10.6 Å². The number of carbonyl (C=O) groups excluding carboxylic acids is 1. The van der Waals surface area contributed by atoms with E-state index in [1.165, 1.54) is 22.2 Å². The lowest BCUT2D eigenvalue weighted by Crippen LogP contribution is -2.22. The molecule has 24 heavy (non-hydrogen) atoms. The number of hydrogen-bond donors (Lipinski definition) is 2. The van der Waals surface area contributed by atoms with Crippen molar-refractivity contribution in [3.63, 3.8) is 0 Å². The van der Waals surface area contributed by atoms with E-state index in [-0.39, 0.29) is 17.9 Å². The van der Waals surface area contributed by atoms with E-state index < -0.39 is 0 Å². The maximum Gasteiger partial charge on any atom is 0.234 e.